The van der Waals surface area contributed by atoms with E-state index in [9.17, 15) is 4.79 Å². The van der Waals surface area contributed by atoms with E-state index in [2.05, 4.69) is 32.3 Å². The number of carbonyl (C=O) groups excluding carboxylic acids is 1. The lowest BCUT2D eigenvalue weighted by atomic mass is 9.98. The van der Waals surface area contributed by atoms with Crippen LogP contribution in [-0.4, -0.2) is 41.2 Å². The molecule has 0 bridgehead atoms. The van der Waals surface area contributed by atoms with Gasteiger partial charge in [0.05, 0.1) is 0 Å². The monoisotopic (exact) mass is 383 g/mol. The number of hydrogen-bond acceptors (Lipinski definition) is 4. The Morgan fingerprint density at radius 2 is 2.26 bits per heavy atom. The van der Waals surface area contributed by atoms with Crippen molar-refractivity contribution >= 4 is 22.0 Å². The molecule has 5 nitrogen and oxygen atoms in total. The molecule has 6 heteroatoms. The van der Waals surface area contributed by atoms with E-state index < -0.39 is 5.60 Å². The normalized spacial score (nSPS) is 18.8. The van der Waals surface area contributed by atoms with Crippen molar-refractivity contribution in [1.29, 1.82) is 0 Å². The summed E-state index contributed by atoms with van der Waals surface area (Å²) in [6, 6.07) is 4.00. The van der Waals surface area contributed by atoms with Gasteiger partial charge in [-0.1, -0.05) is 6.07 Å². The topological polar surface area (TPSA) is 54.5 Å². The second-order valence-corrected chi connectivity index (χ2v) is 7.87. The van der Waals surface area contributed by atoms with Crippen LogP contribution in [0.5, 0.6) is 0 Å². The SMILES string of the molecule is CC(C)(C)OC(=O)N1CCC[C@@H](CNCc2ccc(Br)nc2)C1. The van der Waals surface area contributed by atoms with Crippen LogP contribution >= 0.6 is 15.9 Å². The summed E-state index contributed by atoms with van der Waals surface area (Å²) in [5.74, 6) is 0.472. The third kappa shape index (κ3) is 6.47. The zero-order valence-electron chi connectivity index (χ0n) is 14.1. The minimum atomic E-state index is -0.434. The Hall–Kier alpha value is -1.14. The Morgan fingerprint density at radius 3 is 2.91 bits per heavy atom. The Morgan fingerprint density at radius 1 is 1.48 bits per heavy atom. The number of piperidine rings is 1. The van der Waals surface area contributed by atoms with Gasteiger partial charge in [-0.25, -0.2) is 9.78 Å². The lowest BCUT2D eigenvalue weighted by Gasteiger charge is -2.34. The van der Waals surface area contributed by atoms with Crippen LogP contribution in [0, 0.1) is 5.92 Å². The molecule has 2 heterocycles. The molecule has 0 aromatic carbocycles. The molecule has 1 aromatic rings. The zero-order chi connectivity index (χ0) is 16.9. The Labute approximate surface area is 146 Å². The van der Waals surface area contributed by atoms with Crippen LogP contribution in [0.3, 0.4) is 0 Å². The second kappa shape index (κ2) is 8.11. The molecule has 1 aliphatic rings. The molecule has 0 aliphatic carbocycles. The number of aromatic nitrogens is 1. The molecule has 1 amide bonds. The summed E-state index contributed by atoms with van der Waals surface area (Å²) in [6.45, 7) is 8.96. The lowest BCUT2D eigenvalue weighted by Crippen LogP contribution is -2.45. The van der Waals surface area contributed by atoms with Gasteiger partial charge in [0.15, 0.2) is 0 Å². The summed E-state index contributed by atoms with van der Waals surface area (Å²) < 4.78 is 6.31. The van der Waals surface area contributed by atoms with Gasteiger partial charge >= 0.3 is 6.09 Å². The first kappa shape index (κ1) is 18.2. The predicted molar refractivity (Wildman–Crippen MR) is 94.2 cm³/mol. The fourth-order valence-corrected chi connectivity index (χ4v) is 2.89. The van der Waals surface area contributed by atoms with Gasteiger partial charge in [0.2, 0.25) is 0 Å². The number of hydrogen-bond donors (Lipinski definition) is 1. The number of likely N-dealkylation sites (tertiary alicyclic amines) is 1. The van der Waals surface area contributed by atoms with E-state index in [-0.39, 0.29) is 6.09 Å². The van der Waals surface area contributed by atoms with E-state index in [1.807, 2.05) is 37.9 Å². The van der Waals surface area contributed by atoms with Crippen LogP contribution in [0.2, 0.25) is 0 Å². The van der Waals surface area contributed by atoms with Gasteiger partial charge in [0, 0.05) is 25.8 Å². The van der Waals surface area contributed by atoms with E-state index in [0.717, 1.165) is 49.2 Å². The third-order valence-electron chi connectivity index (χ3n) is 3.72. The molecule has 128 valence electrons. The van der Waals surface area contributed by atoms with E-state index in [1.165, 1.54) is 0 Å². The average molecular weight is 384 g/mol. The van der Waals surface area contributed by atoms with Crippen molar-refractivity contribution in [1.82, 2.24) is 15.2 Å². The van der Waals surface area contributed by atoms with E-state index in [0.29, 0.717) is 5.92 Å². The van der Waals surface area contributed by atoms with Crippen LogP contribution in [-0.2, 0) is 11.3 Å². The number of halogens is 1. The molecule has 0 spiro atoms. The van der Waals surface area contributed by atoms with Crippen molar-refractivity contribution in [3.63, 3.8) is 0 Å². The van der Waals surface area contributed by atoms with Gasteiger partial charge < -0.3 is 15.0 Å². The van der Waals surface area contributed by atoms with Gasteiger partial charge in [0.1, 0.15) is 10.2 Å². The molecule has 0 radical (unpaired) electrons. The first-order valence-electron chi connectivity index (χ1n) is 8.12. The molecule has 0 saturated carbocycles. The molecule has 2 rings (SSSR count). The standard InChI is InChI=1S/C17H26BrN3O2/c1-17(2,3)23-16(22)21-8-4-5-14(12-21)10-19-9-13-6-7-15(18)20-11-13/h6-7,11,14,19H,4-5,8-10,12H2,1-3H3/t14-/m0/s1. The van der Waals surface area contributed by atoms with Crippen LogP contribution in [0.1, 0.15) is 39.2 Å². The van der Waals surface area contributed by atoms with Gasteiger partial charge in [-0.05, 0) is 73.6 Å². The van der Waals surface area contributed by atoms with E-state index in [1.54, 1.807) is 0 Å². The highest BCUT2D eigenvalue weighted by Crippen LogP contribution is 2.19. The predicted octanol–water partition coefficient (Wildman–Crippen LogP) is 3.58. The van der Waals surface area contributed by atoms with Crippen LogP contribution in [0.25, 0.3) is 0 Å². The van der Waals surface area contributed by atoms with Gasteiger partial charge in [-0.2, -0.15) is 0 Å². The highest BCUT2D eigenvalue weighted by atomic mass is 79.9. The maximum atomic E-state index is 12.2. The molecule has 0 unspecified atom stereocenters. The van der Waals surface area contributed by atoms with Gasteiger partial charge in [-0.15, -0.1) is 0 Å². The van der Waals surface area contributed by atoms with Crippen molar-refractivity contribution in [2.24, 2.45) is 5.92 Å². The first-order valence-corrected chi connectivity index (χ1v) is 8.92. The number of carbonyl (C=O) groups is 1. The molecular formula is C17H26BrN3O2. The van der Waals surface area contributed by atoms with Crippen molar-refractivity contribution in [3.05, 3.63) is 28.5 Å². The number of pyridine rings is 1. The number of ether oxygens (including phenoxy) is 1. The summed E-state index contributed by atoms with van der Waals surface area (Å²) in [5, 5.41) is 3.46. The van der Waals surface area contributed by atoms with Crippen LogP contribution in [0.4, 0.5) is 4.79 Å². The van der Waals surface area contributed by atoms with Crippen molar-refractivity contribution < 1.29 is 9.53 Å². The number of amides is 1. The van der Waals surface area contributed by atoms with Crippen LogP contribution in [0.15, 0.2) is 22.9 Å². The van der Waals surface area contributed by atoms with Gasteiger partial charge in [0.25, 0.3) is 0 Å². The van der Waals surface area contributed by atoms with Crippen molar-refractivity contribution in [2.75, 3.05) is 19.6 Å². The number of nitrogens with zero attached hydrogens (tertiary/aromatic N) is 2. The Balaban J connectivity index is 1.75. The minimum Gasteiger partial charge on any atom is -0.444 e. The first-order chi connectivity index (χ1) is 10.8. The fourth-order valence-electron chi connectivity index (χ4n) is 2.66. The Kier molecular flexibility index (Phi) is 6.41. The Bertz CT molecular complexity index is 514. The fraction of sp³-hybridized carbons (Fsp3) is 0.647. The quantitative estimate of drug-likeness (QED) is 0.807. The summed E-state index contributed by atoms with van der Waals surface area (Å²) in [4.78, 5) is 18.2. The highest BCUT2D eigenvalue weighted by Gasteiger charge is 2.27. The smallest absolute Gasteiger partial charge is 0.410 e. The molecule has 23 heavy (non-hydrogen) atoms. The molecule has 1 N–H and O–H groups in total. The zero-order valence-corrected chi connectivity index (χ0v) is 15.7. The number of nitrogens with one attached hydrogen (secondary N) is 1. The molecule has 1 aromatic heterocycles. The largest absolute Gasteiger partial charge is 0.444 e. The maximum Gasteiger partial charge on any atom is 0.410 e. The van der Waals surface area contributed by atoms with E-state index >= 15 is 0 Å². The van der Waals surface area contributed by atoms with Gasteiger partial charge in [-0.3, -0.25) is 0 Å². The molecule has 1 atom stereocenters. The highest BCUT2D eigenvalue weighted by molar-refractivity contribution is 9.10. The third-order valence-corrected chi connectivity index (χ3v) is 4.19. The molecule has 1 saturated heterocycles. The van der Waals surface area contributed by atoms with Crippen molar-refractivity contribution in [2.45, 2.75) is 45.8 Å². The average Bonchev–Trinajstić information content (AvgIpc) is 2.48. The summed E-state index contributed by atoms with van der Waals surface area (Å²) in [6.07, 6.45) is 3.85. The second-order valence-electron chi connectivity index (χ2n) is 7.05. The van der Waals surface area contributed by atoms with Crippen molar-refractivity contribution in [3.8, 4) is 0 Å². The number of rotatable bonds is 4. The summed E-state index contributed by atoms with van der Waals surface area (Å²) >= 11 is 3.34. The minimum absolute atomic E-state index is 0.195. The summed E-state index contributed by atoms with van der Waals surface area (Å²) in [7, 11) is 0. The molecular weight excluding hydrogens is 358 g/mol. The van der Waals surface area contributed by atoms with E-state index in [4.69, 9.17) is 4.74 Å². The maximum absolute atomic E-state index is 12.2. The molecule has 1 aliphatic heterocycles. The molecule has 1 fully saturated rings. The summed E-state index contributed by atoms with van der Waals surface area (Å²) in [5.41, 5.74) is 0.727. The van der Waals surface area contributed by atoms with Crippen LogP contribution < -0.4 is 5.32 Å². The lowest BCUT2D eigenvalue weighted by molar-refractivity contribution is 0.0166.